The molecule has 102 valence electrons. The lowest BCUT2D eigenvalue weighted by atomic mass is 10.4. The minimum Gasteiger partial charge on any atom is -0.744 e. The van der Waals surface area contributed by atoms with Gasteiger partial charge in [-0.2, -0.15) is 0 Å². The van der Waals surface area contributed by atoms with E-state index in [1.807, 2.05) is 35.2 Å². The average Bonchev–Trinajstić information content (AvgIpc) is 2.41. The Balaban J connectivity index is 0.000000191. The maximum atomic E-state index is 10.3. The van der Waals surface area contributed by atoms with Crippen molar-refractivity contribution in [3.8, 4) is 0 Å². The fraction of sp³-hybridized carbons (Fsp3) is 0.154. The highest BCUT2D eigenvalue weighted by molar-refractivity contribution is 7.85. The number of nitrogens with zero attached hydrogens (tertiary/aromatic N) is 1. The molecule has 0 aliphatic rings. The first-order chi connectivity index (χ1) is 9.04. The largest absolute Gasteiger partial charge is 0.744 e. The fourth-order valence-corrected chi connectivity index (χ4v) is 1.78. The summed E-state index contributed by atoms with van der Waals surface area (Å²) in [7, 11) is -4.25. The van der Waals surface area contributed by atoms with Gasteiger partial charge in [0.05, 0.1) is 4.90 Å². The zero-order chi connectivity index (χ0) is 14.1. The minimum atomic E-state index is -4.25. The van der Waals surface area contributed by atoms with Crippen molar-refractivity contribution in [2.45, 2.75) is 11.4 Å². The second-order valence-corrected chi connectivity index (χ2v) is 4.98. The van der Waals surface area contributed by atoms with Crippen LogP contribution in [0.15, 0.2) is 65.8 Å². The standard InChI is InChI=1S/C7H10NO.C6H6O3S/c9-7-6-8-4-2-1-3-5-8;7-10(8,9)6-4-2-1-3-5-6/h1-5,9H,6-7H2;1-5H,(H,7,8,9)/q+1;/p-1. The van der Waals surface area contributed by atoms with Crippen LogP contribution in [0.3, 0.4) is 0 Å². The molecular formula is C13H15NO4S. The highest BCUT2D eigenvalue weighted by atomic mass is 32.2. The first kappa shape index (κ1) is 15.3. The van der Waals surface area contributed by atoms with Crippen LogP contribution in [0.1, 0.15) is 0 Å². The monoisotopic (exact) mass is 281 g/mol. The van der Waals surface area contributed by atoms with Crippen LogP contribution < -0.4 is 4.57 Å². The summed E-state index contributed by atoms with van der Waals surface area (Å²) in [5.41, 5.74) is 0. The van der Waals surface area contributed by atoms with Gasteiger partial charge in [0.15, 0.2) is 18.9 Å². The van der Waals surface area contributed by atoms with Gasteiger partial charge in [-0.3, -0.25) is 0 Å². The number of aromatic nitrogens is 1. The molecule has 1 N–H and O–H groups in total. The van der Waals surface area contributed by atoms with E-state index in [0.29, 0.717) is 6.54 Å². The SMILES string of the molecule is O=S(=O)([O-])c1ccccc1.OCC[n+]1ccccc1. The van der Waals surface area contributed by atoms with Crippen LogP contribution in [0.5, 0.6) is 0 Å². The van der Waals surface area contributed by atoms with Crippen LogP contribution in [0, 0.1) is 0 Å². The van der Waals surface area contributed by atoms with Crippen molar-refractivity contribution in [2.75, 3.05) is 6.61 Å². The van der Waals surface area contributed by atoms with Crippen LogP contribution in [0.25, 0.3) is 0 Å². The van der Waals surface area contributed by atoms with Gasteiger partial charge < -0.3 is 9.66 Å². The second-order valence-electron chi connectivity index (χ2n) is 3.60. The predicted molar refractivity (Wildman–Crippen MR) is 68.1 cm³/mol. The predicted octanol–water partition coefficient (Wildman–Crippen LogP) is 0.557. The first-order valence-corrected chi connectivity index (χ1v) is 7.01. The van der Waals surface area contributed by atoms with Gasteiger partial charge in [0, 0.05) is 12.1 Å². The highest BCUT2D eigenvalue weighted by Gasteiger charge is 1.95. The molecule has 0 atom stereocenters. The van der Waals surface area contributed by atoms with Crippen LogP contribution in [-0.4, -0.2) is 24.7 Å². The smallest absolute Gasteiger partial charge is 0.171 e. The molecule has 1 aromatic carbocycles. The zero-order valence-electron chi connectivity index (χ0n) is 10.2. The number of pyridine rings is 1. The van der Waals surface area contributed by atoms with Gasteiger partial charge >= 0.3 is 0 Å². The lowest BCUT2D eigenvalue weighted by Crippen LogP contribution is -2.33. The van der Waals surface area contributed by atoms with E-state index in [1.54, 1.807) is 6.07 Å². The molecule has 0 radical (unpaired) electrons. The molecule has 0 saturated carbocycles. The van der Waals surface area contributed by atoms with Crippen molar-refractivity contribution in [1.82, 2.24) is 0 Å². The molecule has 1 aromatic heterocycles. The molecule has 0 aliphatic carbocycles. The minimum absolute atomic E-state index is 0.185. The van der Waals surface area contributed by atoms with Crippen molar-refractivity contribution in [1.29, 1.82) is 0 Å². The van der Waals surface area contributed by atoms with Crippen molar-refractivity contribution in [2.24, 2.45) is 0 Å². The Morgan fingerprint density at radius 1 is 1.00 bits per heavy atom. The second kappa shape index (κ2) is 7.63. The Morgan fingerprint density at radius 3 is 1.95 bits per heavy atom. The Hall–Kier alpha value is -1.76. The molecule has 0 bridgehead atoms. The lowest BCUT2D eigenvalue weighted by Gasteiger charge is -2.04. The third-order valence-electron chi connectivity index (χ3n) is 2.17. The summed E-state index contributed by atoms with van der Waals surface area (Å²) in [6, 6.07) is 13.0. The molecule has 0 amide bonds. The van der Waals surface area contributed by atoms with Gasteiger partial charge in [0.25, 0.3) is 0 Å². The molecule has 2 rings (SSSR count). The number of hydrogen-bond donors (Lipinski definition) is 1. The maximum Gasteiger partial charge on any atom is 0.171 e. The molecule has 0 aliphatic heterocycles. The van der Waals surface area contributed by atoms with E-state index in [1.165, 1.54) is 24.3 Å². The van der Waals surface area contributed by atoms with Crippen molar-refractivity contribution in [3.63, 3.8) is 0 Å². The molecule has 0 saturated heterocycles. The zero-order valence-corrected chi connectivity index (χ0v) is 11.0. The summed E-state index contributed by atoms with van der Waals surface area (Å²) in [6.07, 6.45) is 3.85. The molecule has 1 heterocycles. The number of aliphatic hydroxyl groups is 1. The number of aliphatic hydroxyl groups excluding tert-OH is 1. The third-order valence-corrected chi connectivity index (χ3v) is 3.02. The summed E-state index contributed by atoms with van der Waals surface area (Å²) in [4.78, 5) is -0.185. The molecule has 6 heteroatoms. The Labute approximate surface area is 112 Å². The van der Waals surface area contributed by atoms with Gasteiger partial charge in [-0.15, -0.1) is 0 Å². The van der Waals surface area contributed by atoms with Gasteiger partial charge in [-0.25, -0.2) is 13.0 Å². The summed E-state index contributed by atoms with van der Waals surface area (Å²) in [5.74, 6) is 0. The van der Waals surface area contributed by atoms with Crippen LogP contribution in [-0.2, 0) is 16.7 Å². The van der Waals surface area contributed by atoms with E-state index < -0.39 is 10.1 Å². The molecular weight excluding hydrogens is 266 g/mol. The van der Waals surface area contributed by atoms with Crippen molar-refractivity contribution >= 4 is 10.1 Å². The molecule has 0 fully saturated rings. The first-order valence-electron chi connectivity index (χ1n) is 5.60. The van der Waals surface area contributed by atoms with E-state index in [9.17, 15) is 13.0 Å². The maximum absolute atomic E-state index is 10.3. The summed E-state index contributed by atoms with van der Waals surface area (Å²) >= 11 is 0. The molecule has 5 nitrogen and oxygen atoms in total. The third kappa shape index (κ3) is 6.10. The average molecular weight is 281 g/mol. The van der Waals surface area contributed by atoms with Crippen molar-refractivity contribution in [3.05, 3.63) is 60.9 Å². The van der Waals surface area contributed by atoms with Gasteiger partial charge in [-0.1, -0.05) is 24.3 Å². The van der Waals surface area contributed by atoms with Crippen LogP contribution >= 0.6 is 0 Å². The quantitative estimate of drug-likeness (QED) is 0.658. The Bertz CT molecular complexity index is 570. The van der Waals surface area contributed by atoms with E-state index >= 15 is 0 Å². The Morgan fingerprint density at radius 2 is 1.53 bits per heavy atom. The van der Waals surface area contributed by atoms with Crippen LogP contribution in [0.4, 0.5) is 0 Å². The van der Waals surface area contributed by atoms with Gasteiger partial charge in [-0.05, 0) is 12.1 Å². The Kier molecular flexibility index (Phi) is 6.14. The fourth-order valence-electron chi connectivity index (χ4n) is 1.29. The summed E-state index contributed by atoms with van der Waals surface area (Å²) in [6.45, 7) is 0.884. The van der Waals surface area contributed by atoms with E-state index in [0.717, 1.165) is 0 Å². The van der Waals surface area contributed by atoms with E-state index in [2.05, 4.69) is 0 Å². The summed E-state index contributed by atoms with van der Waals surface area (Å²) in [5, 5.41) is 8.50. The molecule has 19 heavy (non-hydrogen) atoms. The van der Waals surface area contributed by atoms with E-state index in [-0.39, 0.29) is 11.5 Å². The summed E-state index contributed by atoms with van der Waals surface area (Å²) < 4.78 is 32.8. The number of benzene rings is 1. The highest BCUT2D eigenvalue weighted by Crippen LogP contribution is 2.04. The number of hydrogen-bond acceptors (Lipinski definition) is 4. The lowest BCUT2D eigenvalue weighted by molar-refractivity contribution is -0.698. The normalized spacial score (nSPS) is 10.4. The van der Waals surface area contributed by atoms with Crippen molar-refractivity contribution < 1.29 is 22.6 Å². The van der Waals surface area contributed by atoms with E-state index in [4.69, 9.17) is 5.11 Å². The topological polar surface area (TPSA) is 81.3 Å². The number of rotatable bonds is 3. The van der Waals surface area contributed by atoms with Gasteiger partial charge in [0.1, 0.15) is 16.7 Å². The molecule has 0 spiro atoms. The van der Waals surface area contributed by atoms with Gasteiger partial charge in [0.2, 0.25) is 0 Å². The molecule has 0 unspecified atom stereocenters. The van der Waals surface area contributed by atoms with Crippen LogP contribution in [0.2, 0.25) is 0 Å². The molecule has 2 aromatic rings.